The minimum absolute atomic E-state index is 0.0410. The maximum absolute atomic E-state index is 11.8. The summed E-state index contributed by atoms with van der Waals surface area (Å²) in [5.74, 6) is 0.773. The highest BCUT2D eigenvalue weighted by atomic mass is 32.1. The number of carbonyl (C=O) groups is 1. The van der Waals surface area contributed by atoms with E-state index in [0.717, 1.165) is 17.0 Å². The van der Waals surface area contributed by atoms with E-state index in [2.05, 4.69) is 10.3 Å². The fourth-order valence-electron chi connectivity index (χ4n) is 1.71. The summed E-state index contributed by atoms with van der Waals surface area (Å²) in [5, 5.41) is 5.17. The number of hydrogen-bond donors (Lipinski definition) is 2. The van der Waals surface area contributed by atoms with Gasteiger partial charge in [0.1, 0.15) is 5.75 Å². The van der Waals surface area contributed by atoms with Crippen molar-refractivity contribution in [3.8, 4) is 5.75 Å². The predicted molar refractivity (Wildman–Crippen MR) is 79.7 cm³/mol. The molecule has 0 atom stereocenters. The third-order valence-electron chi connectivity index (χ3n) is 2.64. The van der Waals surface area contributed by atoms with Crippen LogP contribution in [-0.2, 0) is 17.8 Å². The Labute approximate surface area is 121 Å². The minimum atomic E-state index is -0.0410. The lowest BCUT2D eigenvalue weighted by molar-refractivity contribution is -0.120. The molecule has 0 saturated heterocycles. The third kappa shape index (κ3) is 4.24. The average Bonchev–Trinajstić information content (AvgIpc) is 2.85. The second kappa shape index (κ2) is 6.91. The standard InChI is InChI=1S/C14H17N3O2S/c1-2-19-12-5-3-10(4-6-12)7-13(18)16-8-11-9-20-14(15)17-11/h3-6,9H,2,7-8H2,1H3,(H2,15,17)(H,16,18). The molecule has 0 aliphatic heterocycles. The molecule has 1 heterocycles. The van der Waals surface area contributed by atoms with Crippen LogP contribution in [0.1, 0.15) is 18.2 Å². The number of benzene rings is 1. The predicted octanol–water partition coefficient (Wildman–Crippen LogP) is 1.98. The van der Waals surface area contributed by atoms with Crippen molar-refractivity contribution < 1.29 is 9.53 Å². The summed E-state index contributed by atoms with van der Waals surface area (Å²) in [6.07, 6.45) is 0.339. The monoisotopic (exact) mass is 291 g/mol. The van der Waals surface area contributed by atoms with Gasteiger partial charge in [-0.2, -0.15) is 0 Å². The summed E-state index contributed by atoms with van der Waals surface area (Å²) in [6.45, 7) is 2.98. The smallest absolute Gasteiger partial charge is 0.224 e. The Morgan fingerprint density at radius 1 is 1.40 bits per heavy atom. The van der Waals surface area contributed by atoms with E-state index in [1.54, 1.807) is 0 Å². The van der Waals surface area contributed by atoms with E-state index < -0.39 is 0 Å². The quantitative estimate of drug-likeness (QED) is 0.853. The Morgan fingerprint density at radius 3 is 2.75 bits per heavy atom. The lowest BCUT2D eigenvalue weighted by atomic mass is 10.1. The Balaban J connectivity index is 1.81. The molecule has 0 spiro atoms. The zero-order chi connectivity index (χ0) is 14.4. The maximum Gasteiger partial charge on any atom is 0.224 e. The van der Waals surface area contributed by atoms with Gasteiger partial charge in [-0.05, 0) is 24.6 Å². The normalized spacial score (nSPS) is 10.2. The molecule has 0 unspecified atom stereocenters. The topological polar surface area (TPSA) is 77.2 Å². The van der Waals surface area contributed by atoms with Crippen molar-refractivity contribution in [3.63, 3.8) is 0 Å². The van der Waals surface area contributed by atoms with E-state index in [0.29, 0.717) is 24.7 Å². The van der Waals surface area contributed by atoms with Crippen LogP contribution in [0.2, 0.25) is 0 Å². The molecule has 1 aromatic heterocycles. The summed E-state index contributed by atoms with van der Waals surface area (Å²) in [5.41, 5.74) is 7.26. The van der Waals surface area contributed by atoms with Crippen LogP contribution < -0.4 is 15.8 Å². The molecule has 20 heavy (non-hydrogen) atoms. The molecule has 1 aromatic carbocycles. The molecule has 0 bridgehead atoms. The van der Waals surface area contributed by atoms with E-state index in [-0.39, 0.29) is 5.91 Å². The number of nitrogens with two attached hydrogens (primary N) is 1. The molecule has 2 rings (SSSR count). The minimum Gasteiger partial charge on any atom is -0.494 e. The molecule has 6 heteroatoms. The fourth-order valence-corrected chi connectivity index (χ4v) is 2.27. The second-order valence-corrected chi connectivity index (χ2v) is 5.10. The highest BCUT2D eigenvalue weighted by Crippen LogP contribution is 2.13. The molecular formula is C14H17N3O2S. The van der Waals surface area contributed by atoms with Crippen molar-refractivity contribution in [2.45, 2.75) is 19.9 Å². The molecule has 0 aliphatic rings. The van der Waals surface area contributed by atoms with Crippen LogP contribution in [0.4, 0.5) is 5.13 Å². The Kier molecular flexibility index (Phi) is 4.95. The molecule has 3 N–H and O–H groups in total. The van der Waals surface area contributed by atoms with E-state index in [9.17, 15) is 4.79 Å². The number of aromatic nitrogens is 1. The van der Waals surface area contributed by atoms with Crippen LogP contribution in [0.3, 0.4) is 0 Å². The van der Waals surface area contributed by atoms with Crippen molar-refractivity contribution in [2.24, 2.45) is 0 Å². The van der Waals surface area contributed by atoms with E-state index in [1.807, 2.05) is 36.6 Å². The summed E-state index contributed by atoms with van der Waals surface area (Å²) in [6, 6.07) is 7.53. The number of amides is 1. The van der Waals surface area contributed by atoms with Gasteiger partial charge in [0.15, 0.2) is 5.13 Å². The third-order valence-corrected chi connectivity index (χ3v) is 3.36. The highest BCUT2D eigenvalue weighted by molar-refractivity contribution is 7.13. The number of thiazole rings is 1. The van der Waals surface area contributed by atoms with Crippen molar-refractivity contribution in [2.75, 3.05) is 12.3 Å². The van der Waals surface area contributed by atoms with Crippen LogP contribution in [0.25, 0.3) is 0 Å². The molecular weight excluding hydrogens is 274 g/mol. The molecule has 0 fully saturated rings. The van der Waals surface area contributed by atoms with Gasteiger partial charge in [-0.3, -0.25) is 4.79 Å². The number of carbonyl (C=O) groups excluding carboxylic acids is 1. The van der Waals surface area contributed by atoms with Gasteiger partial charge in [0.2, 0.25) is 5.91 Å². The number of ether oxygens (including phenoxy) is 1. The molecule has 0 radical (unpaired) electrons. The Morgan fingerprint density at radius 2 is 2.15 bits per heavy atom. The number of hydrogen-bond acceptors (Lipinski definition) is 5. The molecule has 106 valence electrons. The first-order chi connectivity index (χ1) is 9.67. The molecule has 1 amide bonds. The number of nitrogens with zero attached hydrogens (tertiary/aromatic N) is 1. The first-order valence-electron chi connectivity index (χ1n) is 6.35. The van der Waals surface area contributed by atoms with Gasteiger partial charge < -0.3 is 15.8 Å². The van der Waals surface area contributed by atoms with E-state index in [4.69, 9.17) is 10.5 Å². The average molecular weight is 291 g/mol. The molecule has 0 aliphatic carbocycles. The maximum atomic E-state index is 11.8. The Hall–Kier alpha value is -2.08. The van der Waals surface area contributed by atoms with Crippen LogP contribution in [-0.4, -0.2) is 17.5 Å². The number of anilines is 1. The van der Waals surface area contributed by atoms with Crippen LogP contribution in [0.5, 0.6) is 5.75 Å². The highest BCUT2D eigenvalue weighted by Gasteiger charge is 2.05. The van der Waals surface area contributed by atoms with Crippen LogP contribution in [0.15, 0.2) is 29.6 Å². The number of rotatable bonds is 6. The summed E-state index contributed by atoms with van der Waals surface area (Å²) >= 11 is 1.37. The van der Waals surface area contributed by atoms with Crippen LogP contribution >= 0.6 is 11.3 Å². The summed E-state index contributed by atoms with van der Waals surface area (Å²) in [7, 11) is 0. The van der Waals surface area contributed by atoms with Gasteiger partial charge in [0.25, 0.3) is 0 Å². The summed E-state index contributed by atoms with van der Waals surface area (Å²) < 4.78 is 5.35. The van der Waals surface area contributed by atoms with Crippen LogP contribution in [0, 0.1) is 0 Å². The van der Waals surface area contributed by atoms with Gasteiger partial charge in [-0.15, -0.1) is 11.3 Å². The zero-order valence-electron chi connectivity index (χ0n) is 11.3. The number of nitrogens with one attached hydrogen (secondary N) is 1. The van der Waals surface area contributed by atoms with Crippen molar-refractivity contribution in [3.05, 3.63) is 40.9 Å². The van der Waals surface area contributed by atoms with Gasteiger partial charge in [-0.25, -0.2) is 4.98 Å². The summed E-state index contributed by atoms with van der Waals surface area (Å²) in [4.78, 5) is 15.9. The second-order valence-electron chi connectivity index (χ2n) is 4.21. The van der Waals surface area contributed by atoms with Crippen molar-refractivity contribution in [1.82, 2.24) is 10.3 Å². The van der Waals surface area contributed by atoms with Crippen molar-refractivity contribution in [1.29, 1.82) is 0 Å². The molecule has 5 nitrogen and oxygen atoms in total. The molecule has 0 saturated carbocycles. The number of nitrogen functional groups attached to an aromatic ring is 1. The lowest BCUT2D eigenvalue weighted by Crippen LogP contribution is -2.24. The van der Waals surface area contributed by atoms with Gasteiger partial charge in [0, 0.05) is 5.38 Å². The largest absolute Gasteiger partial charge is 0.494 e. The molecule has 2 aromatic rings. The zero-order valence-corrected chi connectivity index (χ0v) is 12.1. The van der Waals surface area contributed by atoms with Crippen molar-refractivity contribution >= 4 is 22.4 Å². The Bertz CT molecular complexity index is 566. The van der Waals surface area contributed by atoms with E-state index in [1.165, 1.54) is 11.3 Å². The van der Waals surface area contributed by atoms with Gasteiger partial charge >= 0.3 is 0 Å². The first kappa shape index (κ1) is 14.3. The fraction of sp³-hybridized carbons (Fsp3) is 0.286. The SMILES string of the molecule is CCOc1ccc(CC(=O)NCc2csc(N)n2)cc1. The van der Waals surface area contributed by atoms with E-state index >= 15 is 0 Å². The lowest BCUT2D eigenvalue weighted by Gasteiger charge is -2.05. The first-order valence-corrected chi connectivity index (χ1v) is 7.23. The van der Waals surface area contributed by atoms with Gasteiger partial charge in [0.05, 0.1) is 25.3 Å². The van der Waals surface area contributed by atoms with Gasteiger partial charge in [-0.1, -0.05) is 12.1 Å².